The van der Waals surface area contributed by atoms with Crippen LogP contribution in [0.25, 0.3) is 0 Å². The van der Waals surface area contributed by atoms with Crippen LogP contribution in [0.5, 0.6) is 0 Å². The molecular formula is C15H19F2NO2. The van der Waals surface area contributed by atoms with Crippen molar-refractivity contribution < 1.29 is 18.3 Å². The van der Waals surface area contributed by atoms with Crippen molar-refractivity contribution in [2.24, 2.45) is 5.92 Å². The Kier molecular flexibility index (Phi) is 5.20. The number of Topliss-reactive ketones (excluding diaryl/α,β-unsaturated/α-hetero) is 1. The van der Waals surface area contributed by atoms with Crippen LogP contribution in [0.1, 0.15) is 23.2 Å². The fraction of sp³-hybridized carbons (Fsp3) is 0.533. The second-order valence-corrected chi connectivity index (χ2v) is 5.33. The number of halogens is 2. The fourth-order valence-electron chi connectivity index (χ4n) is 2.46. The topological polar surface area (TPSA) is 29.5 Å². The van der Waals surface area contributed by atoms with E-state index in [0.717, 1.165) is 44.7 Å². The van der Waals surface area contributed by atoms with Gasteiger partial charge in [-0.1, -0.05) is 0 Å². The summed E-state index contributed by atoms with van der Waals surface area (Å²) in [6, 6.07) is 3.26. The Morgan fingerprint density at radius 1 is 1.40 bits per heavy atom. The molecule has 2 rings (SSSR count). The van der Waals surface area contributed by atoms with Gasteiger partial charge in [-0.05, 0) is 44.0 Å². The first-order valence-corrected chi connectivity index (χ1v) is 6.81. The minimum atomic E-state index is -0.987. The van der Waals surface area contributed by atoms with Crippen LogP contribution in [0.15, 0.2) is 18.2 Å². The van der Waals surface area contributed by atoms with Gasteiger partial charge in [0.2, 0.25) is 0 Å². The molecule has 0 saturated carbocycles. The van der Waals surface area contributed by atoms with Crippen LogP contribution in [0.4, 0.5) is 8.78 Å². The van der Waals surface area contributed by atoms with E-state index in [1.54, 1.807) is 0 Å². The van der Waals surface area contributed by atoms with Crippen molar-refractivity contribution in [1.29, 1.82) is 0 Å². The van der Waals surface area contributed by atoms with Gasteiger partial charge in [-0.3, -0.25) is 9.69 Å². The molecule has 1 fully saturated rings. The summed E-state index contributed by atoms with van der Waals surface area (Å²) in [5, 5.41) is 0. The number of carbonyl (C=O) groups excluding carboxylic acids is 1. The van der Waals surface area contributed by atoms with Gasteiger partial charge < -0.3 is 4.74 Å². The van der Waals surface area contributed by atoms with Crippen molar-refractivity contribution in [3.05, 3.63) is 35.4 Å². The van der Waals surface area contributed by atoms with Crippen molar-refractivity contribution >= 4 is 5.78 Å². The summed E-state index contributed by atoms with van der Waals surface area (Å²) in [7, 11) is 1.85. The first-order chi connectivity index (χ1) is 9.56. The third kappa shape index (κ3) is 4.08. The monoisotopic (exact) mass is 283 g/mol. The first kappa shape index (κ1) is 15.1. The second kappa shape index (κ2) is 6.90. The van der Waals surface area contributed by atoms with Crippen LogP contribution < -0.4 is 0 Å². The molecule has 110 valence electrons. The summed E-state index contributed by atoms with van der Waals surface area (Å²) in [5.41, 5.74) is 0.204. The van der Waals surface area contributed by atoms with Gasteiger partial charge >= 0.3 is 0 Å². The molecule has 1 atom stereocenters. The lowest BCUT2D eigenvalue weighted by atomic mass is 10.0. The SMILES string of the molecule is CN(CC(=O)c1ccc(F)c(F)c1)CC1CCCOC1. The highest BCUT2D eigenvalue weighted by molar-refractivity contribution is 5.97. The Morgan fingerprint density at radius 2 is 2.20 bits per heavy atom. The maximum Gasteiger partial charge on any atom is 0.176 e. The number of rotatable bonds is 5. The Bertz CT molecular complexity index is 473. The van der Waals surface area contributed by atoms with E-state index in [2.05, 4.69) is 0 Å². The fourth-order valence-corrected chi connectivity index (χ4v) is 2.46. The van der Waals surface area contributed by atoms with Gasteiger partial charge in [0.15, 0.2) is 17.4 Å². The lowest BCUT2D eigenvalue weighted by Crippen LogP contribution is -2.34. The summed E-state index contributed by atoms with van der Waals surface area (Å²) in [6.45, 7) is 2.51. The number of ether oxygens (including phenoxy) is 1. The molecule has 1 aromatic rings. The smallest absolute Gasteiger partial charge is 0.176 e. The van der Waals surface area contributed by atoms with E-state index < -0.39 is 11.6 Å². The van der Waals surface area contributed by atoms with Gasteiger partial charge in [0, 0.05) is 18.7 Å². The van der Waals surface area contributed by atoms with E-state index >= 15 is 0 Å². The van der Waals surface area contributed by atoms with E-state index in [-0.39, 0.29) is 17.9 Å². The minimum absolute atomic E-state index is 0.196. The molecule has 0 bridgehead atoms. The van der Waals surface area contributed by atoms with E-state index in [0.29, 0.717) is 5.92 Å². The summed E-state index contributed by atoms with van der Waals surface area (Å²) in [6.07, 6.45) is 2.15. The van der Waals surface area contributed by atoms with E-state index in [4.69, 9.17) is 4.74 Å². The van der Waals surface area contributed by atoms with Crippen molar-refractivity contribution in [2.45, 2.75) is 12.8 Å². The second-order valence-electron chi connectivity index (χ2n) is 5.33. The molecular weight excluding hydrogens is 264 g/mol. The minimum Gasteiger partial charge on any atom is -0.381 e. The number of ketones is 1. The zero-order valence-corrected chi connectivity index (χ0v) is 11.6. The molecule has 1 heterocycles. The average molecular weight is 283 g/mol. The van der Waals surface area contributed by atoms with Crippen LogP contribution in [0, 0.1) is 17.6 Å². The zero-order valence-electron chi connectivity index (χ0n) is 11.6. The van der Waals surface area contributed by atoms with Crippen molar-refractivity contribution in [1.82, 2.24) is 4.90 Å². The Hall–Kier alpha value is -1.33. The van der Waals surface area contributed by atoms with Crippen LogP contribution in [-0.2, 0) is 4.74 Å². The molecule has 5 heteroatoms. The van der Waals surface area contributed by atoms with Crippen LogP contribution in [0.3, 0.4) is 0 Å². The van der Waals surface area contributed by atoms with E-state index in [1.165, 1.54) is 6.07 Å². The van der Waals surface area contributed by atoms with Crippen molar-refractivity contribution in [2.75, 3.05) is 33.4 Å². The summed E-state index contributed by atoms with van der Waals surface area (Å²) in [4.78, 5) is 13.9. The first-order valence-electron chi connectivity index (χ1n) is 6.81. The standard InChI is InChI=1S/C15H19F2NO2/c1-18(8-11-3-2-6-20-10-11)9-15(19)12-4-5-13(16)14(17)7-12/h4-5,7,11H,2-3,6,8-10H2,1H3. The normalized spacial score (nSPS) is 19.3. The van der Waals surface area contributed by atoms with Gasteiger partial charge in [-0.25, -0.2) is 8.78 Å². The Morgan fingerprint density at radius 3 is 2.85 bits per heavy atom. The largest absolute Gasteiger partial charge is 0.381 e. The number of nitrogens with zero attached hydrogens (tertiary/aromatic N) is 1. The van der Waals surface area contributed by atoms with Crippen LogP contribution in [0.2, 0.25) is 0 Å². The van der Waals surface area contributed by atoms with Crippen molar-refractivity contribution in [3.8, 4) is 0 Å². The quantitative estimate of drug-likeness (QED) is 0.778. The Labute approximate surface area is 117 Å². The highest BCUT2D eigenvalue weighted by atomic mass is 19.2. The summed E-state index contributed by atoms with van der Waals surface area (Å²) >= 11 is 0. The number of hydrogen-bond donors (Lipinski definition) is 0. The molecule has 0 spiro atoms. The third-order valence-electron chi connectivity index (χ3n) is 3.48. The lowest BCUT2D eigenvalue weighted by Gasteiger charge is -2.26. The van der Waals surface area contributed by atoms with Gasteiger partial charge in [0.1, 0.15) is 0 Å². The maximum atomic E-state index is 13.1. The number of benzene rings is 1. The molecule has 1 aromatic carbocycles. The summed E-state index contributed by atoms with van der Waals surface area (Å²) in [5.74, 6) is -1.69. The molecule has 0 aliphatic carbocycles. The predicted molar refractivity (Wildman–Crippen MR) is 71.7 cm³/mol. The van der Waals surface area contributed by atoms with E-state index in [9.17, 15) is 13.6 Å². The molecule has 0 N–H and O–H groups in total. The highest BCUT2D eigenvalue weighted by Gasteiger charge is 2.18. The molecule has 1 saturated heterocycles. The van der Waals surface area contributed by atoms with Gasteiger partial charge in [-0.15, -0.1) is 0 Å². The summed E-state index contributed by atoms with van der Waals surface area (Å²) < 4.78 is 31.3. The molecule has 0 aromatic heterocycles. The molecule has 3 nitrogen and oxygen atoms in total. The van der Waals surface area contributed by atoms with Crippen molar-refractivity contribution in [3.63, 3.8) is 0 Å². The van der Waals surface area contributed by atoms with Gasteiger partial charge in [0.05, 0.1) is 13.2 Å². The van der Waals surface area contributed by atoms with Gasteiger partial charge in [0.25, 0.3) is 0 Å². The average Bonchev–Trinajstić information content (AvgIpc) is 2.42. The number of carbonyl (C=O) groups is 1. The number of likely N-dealkylation sites (N-methyl/N-ethyl adjacent to an activating group) is 1. The predicted octanol–water partition coefficient (Wildman–Crippen LogP) is 2.51. The number of hydrogen-bond acceptors (Lipinski definition) is 3. The zero-order chi connectivity index (χ0) is 14.5. The van der Waals surface area contributed by atoms with Crippen LogP contribution in [-0.4, -0.2) is 44.0 Å². The molecule has 20 heavy (non-hydrogen) atoms. The molecule has 0 amide bonds. The molecule has 1 aliphatic heterocycles. The maximum absolute atomic E-state index is 13.1. The molecule has 1 aliphatic rings. The Balaban J connectivity index is 1.87. The third-order valence-corrected chi connectivity index (χ3v) is 3.48. The lowest BCUT2D eigenvalue weighted by molar-refractivity contribution is 0.0416. The van der Waals surface area contributed by atoms with Crippen LogP contribution >= 0.6 is 0 Å². The molecule has 0 radical (unpaired) electrons. The van der Waals surface area contributed by atoms with E-state index in [1.807, 2.05) is 11.9 Å². The highest BCUT2D eigenvalue weighted by Crippen LogP contribution is 2.15. The van der Waals surface area contributed by atoms with Gasteiger partial charge in [-0.2, -0.15) is 0 Å². The molecule has 1 unspecified atom stereocenters.